The Hall–Kier alpha value is -1.97. The van der Waals surface area contributed by atoms with Crippen molar-refractivity contribution in [1.29, 1.82) is 0 Å². The summed E-state index contributed by atoms with van der Waals surface area (Å²) >= 11 is 0. The Labute approximate surface area is 139 Å². The van der Waals surface area contributed by atoms with E-state index < -0.39 is 0 Å². The van der Waals surface area contributed by atoms with Crippen molar-refractivity contribution in [2.75, 3.05) is 23.3 Å². The van der Waals surface area contributed by atoms with Crippen LogP contribution in [0.15, 0.2) is 24.3 Å². The van der Waals surface area contributed by atoms with Crippen molar-refractivity contribution in [3.05, 3.63) is 41.2 Å². The summed E-state index contributed by atoms with van der Waals surface area (Å²) in [6.07, 6.45) is 2.59. The normalized spacial score (nSPS) is 15.9. The maximum Gasteiger partial charge on any atom is 0.0646 e. The highest BCUT2D eigenvalue weighted by atomic mass is 15.3. The molecule has 0 unspecified atom stereocenters. The standard InChI is InChI=1S/C19H28N4/c1-14-8-10-23(11-9-14)18-7-5-6-17(12-18)20-13-19-15(2)21-22(4)16(19)3/h5-7,12,14,20H,8-11,13H2,1-4H3. The first kappa shape index (κ1) is 15.9. The quantitative estimate of drug-likeness (QED) is 0.930. The monoisotopic (exact) mass is 312 g/mol. The van der Waals surface area contributed by atoms with Crippen LogP contribution in [0.1, 0.15) is 36.7 Å². The number of nitrogens with one attached hydrogen (secondary N) is 1. The minimum absolute atomic E-state index is 0.825. The van der Waals surface area contributed by atoms with E-state index in [1.54, 1.807) is 0 Å². The molecule has 0 amide bonds. The van der Waals surface area contributed by atoms with Crippen LogP contribution in [-0.2, 0) is 13.6 Å². The predicted molar refractivity (Wildman–Crippen MR) is 97.1 cm³/mol. The number of hydrogen-bond acceptors (Lipinski definition) is 3. The van der Waals surface area contributed by atoms with E-state index in [2.05, 4.69) is 60.4 Å². The maximum atomic E-state index is 4.49. The van der Waals surface area contributed by atoms with E-state index in [-0.39, 0.29) is 0 Å². The topological polar surface area (TPSA) is 33.1 Å². The zero-order valence-corrected chi connectivity index (χ0v) is 14.8. The Bertz CT molecular complexity index is 666. The molecule has 1 aliphatic heterocycles. The van der Waals surface area contributed by atoms with E-state index in [9.17, 15) is 0 Å². The van der Waals surface area contributed by atoms with Crippen LogP contribution in [0.4, 0.5) is 11.4 Å². The van der Waals surface area contributed by atoms with Crippen molar-refractivity contribution in [2.45, 2.75) is 40.2 Å². The molecule has 124 valence electrons. The molecule has 4 heteroatoms. The number of anilines is 2. The molecule has 0 radical (unpaired) electrons. The van der Waals surface area contributed by atoms with Gasteiger partial charge in [-0.05, 0) is 50.8 Å². The summed E-state index contributed by atoms with van der Waals surface area (Å²) in [5.41, 5.74) is 6.16. The highest BCUT2D eigenvalue weighted by molar-refractivity contribution is 5.58. The van der Waals surface area contributed by atoms with Gasteiger partial charge in [-0.25, -0.2) is 0 Å². The Balaban J connectivity index is 1.68. The third kappa shape index (κ3) is 3.52. The number of hydrogen-bond donors (Lipinski definition) is 1. The third-order valence-corrected chi connectivity index (χ3v) is 5.12. The summed E-state index contributed by atoms with van der Waals surface area (Å²) in [6.45, 7) is 9.73. The van der Waals surface area contributed by atoms with Gasteiger partial charge in [0.2, 0.25) is 0 Å². The summed E-state index contributed by atoms with van der Waals surface area (Å²) < 4.78 is 1.96. The molecule has 1 aliphatic rings. The number of aromatic nitrogens is 2. The Morgan fingerprint density at radius 2 is 1.96 bits per heavy atom. The second kappa shape index (κ2) is 6.65. The van der Waals surface area contributed by atoms with Gasteiger partial charge < -0.3 is 10.2 Å². The van der Waals surface area contributed by atoms with Gasteiger partial charge in [-0.15, -0.1) is 0 Å². The van der Waals surface area contributed by atoms with E-state index in [1.807, 2.05) is 11.7 Å². The summed E-state index contributed by atoms with van der Waals surface area (Å²) in [4.78, 5) is 2.51. The molecule has 0 aliphatic carbocycles. The largest absolute Gasteiger partial charge is 0.381 e. The highest BCUT2D eigenvalue weighted by Crippen LogP contribution is 2.25. The van der Waals surface area contributed by atoms with E-state index in [1.165, 1.54) is 48.6 Å². The van der Waals surface area contributed by atoms with Crippen LogP contribution >= 0.6 is 0 Å². The number of piperidine rings is 1. The van der Waals surface area contributed by atoms with Gasteiger partial charge in [0.05, 0.1) is 5.69 Å². The van der Waals surface area contributed by atoms with Gasteiger partial charge in [-0.2, -0.15) is 5.10 Å². The van der Waals surface area contributed by atoms with Crippen LogP contribution in [0, 0.1) is 19.8 Å². The summed E-state index contributed by atoms with van der Waals surface area (Å²) in [7, 11) is 2.00. The van der Waals surface area contributed by atoms with Crippen LogP contribution in [-0.4, -0.2) is 22.9 Å². The molecular formula is C19H28N4. The summed E-state index contributed by atoms with van der Waals surface area (Å²) in [5, 5.41) is 8.05. The van der Waals surface area contributed by atoms with Crippen LogP contribution in [0.3, 0.4) is 0 Å². The third-order valence-electron chi connectivity index (χ3n) is 5.12. The molecule has 3 rings (SSSR count). The molecule has 0 bridgehead atoms. The molecule has 1 aromatic carbocycles. The van der Waals surface area contributed by atoms with E-state index in [0.717, 1.165) is 18.2 Å². The second-order valence-corrected chi connectivity index (χ2v) is 6.85. The fraction of sp³-hybridized carbons (Fsp3) is 0.526. The van der Waals surface area contributed by atoms with E-state index in [0.29, 0.717) is 0 Å². The van der Waals surface area contributed by atoms with Crippen molar-refractivity contribution in [3.8, 4) is 0 Å². The fourth-order valence-corrected chi connectivity index (χ4v) is 3.34. The molecule has 2 aromatic rings. The van der Waals surface area contributed by atoms with Gasteiger partial charge in [-0.1, -0.05) is 13.0 Å². The average Bonchev–Trinajstić information content (AvgIpc) is 2.79. The first-order valence-electron chi connectivity index (χ1n) is 8.62. The van der Waals surface area contributed by atoms with Crippen molar-refractivity contribution in [3.63, 3.8) is 0 Å². The SMILES string of the molecule is Cc1nn(C)c(C)c1CNc1cccc(N2CCC(C)CC2)c1. The van der Waals surface area contributed by atoms with Gasteiger partial charge >= 0.3 is 0 Å². The molecule has 1 N–H and O–H groups in total. The Morgan fingerprint density at radius 1 is 1.22 bits per heavy atom. The zero-order chi connectivity index (χ0) is 16.4. The molecule has 4 nitrogen and oxygen atoms in total. The van der Waals surface area contributed by atoms with Gasteiger partial charge in [0.15, 0.2) is 0 Å². The van der Waals surface area contributed by atoms with Crippen LogP contribution in [0.25, 0.3) is 0 Å². The highest BCUT2D eigenvalue weighted by Gasteiger charge is 2.16. The minimum atomic E-state index is 0.825. The summed E-state index contributed by atoms with van der Waals surface area (Å²) in [5.74, 6) is 0.865. The summed E-state index contributed by atoms with van der Waals surface area (Å²) in [6, 6.07) is 8.80. The molecule has 1 aromatic heterocycles. The lowest BCUT2D eigenvalue weighted by molar-refractivity contribution is 0.438. The molecule has 23 heavy (non-hydrogen) atoms. The molecule has 1 saturated heterocycles. The van der Waals surface area contributed by atoms with Crippen LogP contribution in [0.5, 0.6) is 0 Å². The van der Waals surface area contributed by atoms with Gasteiger partial charge in [0, 0.05) is 49.3 Å². The molecule has 0 saturated carbocycles. The average molecular weight is 312 g/mol. The molecular weight excluding hydrogens is 284 g/mol. The first-order chi connectivity index (χ1) is 11.0. The van der Waals surface area contributed by atoms with E-state index >= 15 is 0 Å². The minimum Gasteiger partial charge on any atom is -0.381 e. The van der Waals surface area contributed by atoms with Crippen molar-refractivity contribution in [2.24, 2.45) is 13.0 Å². The van der Waals surface area contributed by atoms with E-state index in [4.69, 9.17) is 0 Å². The first-order valence-corrected chi connectivity index (χ1v) is 8.62. The Morgan fingerprint density at radius 3 is 2.61 bits per heavy atom. The maximum absolute atomic E-state index is 4.49. The second-order valence-electron chi connectivity index (χ2n) is 6.85. The number of benzene rings is 1. The number of nitrogens with zero attached hydrogens (tertiary/aromatic N) is 3. The number of rotatable bonds is 4. The predicted octanol–water partition coefficient (Wildman–Crippen LogP) is 3.89. The Kier molecular flexibility index (Phi) is 4.60. The molecule has 0 spiro atoms. The lowest BCUT2D eigenvalue weighted by Gasteiger charge is -2.32. The lowest BCUT2D eigenvalue weighted by Crippen LogP contribution is -2.32. The van der Waals surface area contributed by atoms with Gasteiger partial charge in [0.25, 0.3) is 0 Å². The number of aryl methyl sites for hydroxylation is 2. The smallest absolute Gasteiger partial charge is 0.0646 e. The van der Waals surface area contributed by atoms with Gasteiger partial charge in [-0.3, -0.25) is 4.68 Å². The fourth-order valence-electron chi connectivity index (χ4n) is 3.34. The van der Waals surface area contributed by atoms with Gasteiger partial charge in [0.1, 0.15) is 0 Å². The van der Waals surface area contributed by atoms with Crippen molar-refractivity contribution >= 4 is 11.4 Å². The molecule has 0 atom stereocenters. The van der Waals surface area contributed by atoms with Crippen LogP contribution < -0.4 is 10.2 Å². The molecule has 2 heterocycles. The zero-order valence-electron chi connectivity index (χ0n) is 14.8. The molecule has 1 fully saturated rings. The van der Waals surface area contributed by atoms with Crippen molar-refractivity contribution in [1.82, 2.24) is 9.78 Å². The lowest BCUT2D eigenvalue weighted by atomic mass is 9.99. The van der Waals surface area contributed by atoms with Crippen LogP contribution in [0.2, 0.25) is 0 Å². The van der Waals surface area contributed by atoms with Crippen molar-refractivity contribution < 1.29 is 0 Å².